The number of rotatable bonds is 7. The summed E-state index contributed by atoms with van der Waals surface area (Å²) in [5.41, 5.74) is 12.1. The molecule has 0 fully saturated rings. The standard InChI is InChI=1S/C24H27B2N5O3S/c1-13(2)35(32,33)19-9-8-16(10-17(19)25)18-12-29-24(27)22(30-18)23-20(26)21(31-34-23)15-6-4-14(5-7-15)11-28-3/h4-10,12-13,28H,11,25-26H2,1-3H3,(H2,27,29). The molecule has 11 heteroatoms. The van der Waals surface area contributed by atoms with E-state index in [0.29, 0.717) is 33.2 Å². The highest BCUT2D eigenvalue weighted by Gasteiger charge is 2.23. The van der Waals surface area contributed by atoms with E-state index in [1.54, 1.807) is 46.1 Å². The third kappa shape index (κ3) is 4.74. The van der Waals surface area contributed by atoms with Gasteiger partial charge in [0.25, 0.3) is 0 Å². The largest absolute Gasteiger partial charge is 0.382 e. The molecule has 8 nitrogen and oxygen atoms in total. The molecule has 0 saturated heterocycles. The van der Waals surface area contributed by atoms with Gasteiger partial charge in [0.2, 0.25) is 0 Å². The summed E-state index contributed by atoms with van der Waals surface area (Å²) in [7, 11) is 2.21. The summed E-state index contributed by atoms with van der Waals surface area (Å²) in [4.78, 5) is 9.34. The van der Waals surface area contributed by atoms with E-state index in [2.05, 4.69) is 15.5 Å². The Hall–Kier alpha value is -3.43. The molecule has 0 bridgehead atoms. The van der Waals surface area contributed by atoms with Gasteiger partial charge >= 0.3 is 0 Å². The van der Waals surface area contributed by atoms with Crippen LogP contribution in [0, 0.1) is 0 Å². The van der Waals surface area contributed by atoms with Crippen LogP contribution >= 0.6 is 0 Å². The van der Waals surface area contributed by atoms with E-state index in [1.807, 2.05) is 39.2 Å². The van der Waals surface area contributed by atoms with Crippen LogP contribution in [0.2, 0.25) is 0 Å². The third-order valence-corrected chi connectivity index (χ3v) is 8.26. The van der Waals surface area contributed by atoms with Crippen LogP contribution < -0.4 is 22.0 Å². The summed E-state index contributed by atoms with van der Waals surface area (Å²) in [5.74, 6) is 0.668. The van der Waals surface area contributed by atoms with Gasteiger partial charge in [-0.1, -0.05) is 47.0 Å². The molecule has 2 heterocycles. The molecule has 2 aromatic heterocycles. The Kier molecular flexibility index (Phi) is 6.82. The average Bonchev–Trinajstić information content (AvgIpc) is 3.20. The van der Waals surface area contributed by atoms with Gasteiger partial charge in [0.05, 0.1) is 22.0 Å². The summed E-state index contributed by atoms with van der Waals surface area (Å²) in [6, 6.07) is 13.2. The summed E-state index contributed by atoms with van der Waals surface area (Å²) in [6.45, 7) is 4.13. The molecule has 0 unspecified atom stereocenters. The molecular formula is C24H27B2N5O3S. The van der Waals surface area contributed by atoms with Gasteiger partial charge in [0, 0.05) is 17.7 Å². The van der Waals surface area contributed by atoms with Gasteiger partial charge in [-0.25, -0.2) is 18.4 Å². The van der Waals surface area contributed by atoms with Crippen molar-refractivity contribution in [2.24, 2.45) is 0 Å². The van der Waals surface area contributed by atoms with Gasteiger partial charge in [0.15, 0.2) is 27.1 Å². The van der Waals surface area contributed by atoms with Crippen LogP contribution in [-0.4, -0.2) is 51.5 Å². The maximum atomic E-state index is 12.6. The second-order valence-electron chi connectivity index (χ2n) is 8.78. The van der Waals surface area contributed by atoms with Crippen LogP contribution in [0.3, 0.4) is 0 Å². The van der Waals surface area contributed by atoms with E-state index < -0.39 is 15.1 Å². The molecule has 35 heavy (non-hydrogen) atoms. The number of hydrogen-bond acceptors (Lipinski definition) is 8. The first-order valence-corrected chi connectivity index (χ1v) is 12.9. The minimum absolute atomic E-state index is 0.222. The second kappa shape index (κ2) is 9.67. The molecule has 0 saturated carbocycles. The first-order chi connectivity index (χ1) is 16.6. The van der Waals surface area contributed by atoms with E-state index in [4.69, 9.17) is 15.2 Å². The predicted octanol–water partition coefficient (Wildman–Crippen LogP) is 0.466. The van der Waals surface area contributed by atoms with E-state index in [-0.39, 0.29) is 5.82 Å². The number of nitrogen functional groups attached to an aromatic ring is 1. The smallest absolute Gasteiger partial charge is 0.183 e. The van der Waals surface area contributed by atoms with Crippen LogP contribution in [0.4, 0.5) is 5.82 Å². The lowest BCUT2D eigenvalue weighted by Crippen LogP contribution is -2.22. The number of anilines is 1. The Labute approximate surface area is 207 Å². The van der Waals surface area contributed by atoms with Crippen molar-refractivity contribution in [1.29, 1.82) is 0 Å². The number of benzene rings is 2. The Morgan fingerprint density at radius 2 is 1.74 bits per heavy atom. The molecule has 0 aliphatic rings. The average molecular weight is 487 g/mol. The van der Waals surface area contributed by atoms with Gasteiger partial charge in [-0.2, -0.15) is 0 Å². The van der Waals surface area contributed by atoms with Gasteiger partial charge in [0.1, 0.15) is 21.4 Å². The molecule has 0 spiro atoms. The Morgan fingerprint density at radius 3 is 2.37 bits per heavy atom. The Bertz CT molecular complexity index is 1490. The van der Waals surface area contributed by atoms with Crippen molar-refractivity contribution in [3.8, 4) is 34.0 Å². The Balaban J connectivity index is 1.72. The second-order valence-corrected chi connectivity index (χ2v) is 11.2. The third-order valence-electron chi connectivity index (χ3n) is 5.95. The molecule has 178 valence electrons. The molecule has 0 amide bonds. The fourth-order valence-electron chi connectivity index (χ4n) is 3.90. The van der Waals surface area contributed by atoms with Crippen molar-refractivity contribution in [2.45, 2.75) is 30.5 Å². The van der Waals surface area contributed by atoms with E-state index in [9.17, 15) is 8.42 Å². The van der Waals surface area contributed by atoms with Crippen molar-refractivity contribution in [3.63, 3.8) is 0 Å². The number of nitrogens with two attached hydrogens (primary N) is 1. The highest BCUT2D eigenvalue weighted by Crippen LogP contribution is 2.28. The number of nitrogens with zero attached hydrogens (tertiary/aromatic N) is 3. The summed E-state index contributed by atoms with van der Waals surface area (Å²) < 4.78 is 30.9. The highest BCUT2D eigenvalue weighted by molar-refractivity contribution is 7.92. The van der Waals surface area contributed by atoms with Crippen molar-refractivity contribution >= 4 is 42.3 Å². The van der Waals surface area contributed by atoms with Crippen LogP contribution in [0.5, 0.6) is 0 Å². The van der Waals surface area contributed by atoms with E-state index in [0.717, 1.165) is 23.1 Å². The van der Waals surface area contributed by atoms with Crippen molar-refractivity contribution in [2.75, 3.05) is 12.8 Å². The summed E-state index contributed by atoms with van der Waals surface area (Å²) in [5, 5.41) is 6.90. The van der Waals surface area contributed by atoms with Crippen LogP contribution in [0.15, 0.2) is 58.1 Å². The first kappa shape index (κ1) is 24.7. The van der Waals surface area contributed by atoms with E-state index >= 15 is 0 Å². The van der Waals surface area contributed by atoms with Crippen LogP contribution in [-0.2, 0) is 16.4 Å². The fourth-order valence-corrected chi connectivity index (χ4v) is 5.17. The van der Waals surface area contributed by atoms with Crippen molar-refractivity contribution in [1.82, 2.24) is 20.4 Å². The maximum Gasteiger partial charge on any atom is 0.183 e. The van der Waals surface area contributed by atoms with Crippen LogP contribution in [0.25, 0.3) is 34.0 Å². The lowest BCUT2D eigenvalue weighted by atomic mass is 9.89. The van der Waals surface area contributed by atoms with Gasteiger partial charge < -0.3 is 15.6 Å². The predicted molar refractivity (Wildman–Crippen MR) is 144 cm³/mol. The monoisotopic (exact) mass is 487 g/mol. The van der Waals surface area contributed by atoms with E-state index in [1.165, 1.54) is 5.56 Å². The van der Waals surface area contributed by atoms with Gasteiger partial charge in [-0.05, 0) is 38.0 Å². The molecule has 0 aliphatic heterocycles. The number of hydrogen-bond donors (Lipinski definition) is 2. The zero-order valence-electron chi connectivity index (χ0n) is 20.5. The molecule has 0 aliphatic carbocycles. The lowest BCUT2D eigenvalue weighted by molar-refractivity contribution is 0.434. The lowest BCUT2D eigenvalue weighted by Gasteiger charge is -2.12. The van der Waals surface area contributed by atoms with Crippen molar-refractivity contribution < 1.29 is 12.9 Å². The SMILES string of the molecule is Bc1cc(-c2cnc(N)c(-c3onc(-c4ccc(CNC)cc4)c3B)n2)ccc1S(=O)(=O)C(C)C. The fraction of sp³-hybridized carbons (Fsp3) is 0.208. The number of aromatic nitrogens is 3. The maximum absolute atomic E-state index is 12.6. The number of nitrogens with one attached hydrogen (secondary N) is 1. The van der Waals surface area contributed by atoms with Crippen molar-refractivity contribution in [3.05, 3.63) is 54.2 Å². The summed E-state index contributed by atoms with van der Waals surface area (Å²) >= 11 is 0. The van der Waals surface area contributed by atoms with Gasteiger partial charge in [-0.3, -0.25) is 0 Å². The highest BCUT2D eigenvalue weighted by atomic mass is 32.2. The molecule has 4 rings (SSSR count). The molecule has 4 aromatic rings. The Morgan fingerprint density at radius 1 is 1.06 bits per heavy atom. The van der Waals surface area contributed by atoms with Crippen LogP contribution in [0.1, 0.15) is 19.4 Å². The molecular weight excluding hydrogens is 460 g/mol. The first-order valence-electron chi connectivity index (χ1n) is 11.3. The zero-order valence-corrected chi connectivity index (χ0v) is 21.3. The molecule has 0 radical (unpaired) electrons. The molecule has 3 N–H and O–H groups in total. The van der Waals surface area contributed by atoms with Gasteiger partial charge in [-0.15, -0.1) is 0 Å². The normalized spacial score (nSPS) is 11.8. The topological polar surface area (TPSA) is 124 Å². The molecule has 2 aromatic carbocycles. The minimum Gasteiger partial charge on any atom is -0.382 e. The minimum atomic E-state index is -3.38. The summed E-state index contributed by atoms with van der Waals surface area (Å²) in [6.07, 6.45) is 1.57. The molecule has 0 atom stereocenters. The number of sulfone groups is 1. The zero-order chi connectivity index (χ0) is 25.3. The quantitative estimate of drug-likeness (QED) is 0.361.